The Morgan fingerprint density at radius 1 is 1.18 bits per heavy atom. The molecule has 0 aliphatic carbocycles. The molecule has 0 fully saturated rings. The maximum Gasteiger partial charge on any atom is 0.416 e. The van der Waals surface area contributed by atoms with Crippen LogP contribution in [0.15, 0.2) is 47.1 Å². The number of rotatable bonds is 3. The Morgan fingerprint density at radius 2 is 1.91 bits per heavy atom. The first kappa shape index (κ1) is 15.9. The molecule has 22 heavy (non-hydrogen) atoms. The summed E-state index contributed by atoms with van der Waals surface area (Å²) in [6, 6.07) is 7.52. The summed E-state index contributed by atoms with van der Waals surface area (Å²) in [5.41, 5.74) is -0.647. The fourth-order valence-electron chi connectivity index (χ4n) is 1.92. The van der Waals surface area contributed by atoms with Crippen molar-refractivity contribution >= 4 is 11.7 Å². The van der Waals surface area contributed by atoms with Gasteiger partial charge in [0.05, 0.1) is 18.4 Å². The lowest BCUT2D eigenvalue weighted by Crippen LogP contribution is -2.38. The van der Waals surface area contributed by atoms with Gasteiger partial charge in [0, 0.05) is 19.8 Å². The predicted octanol–water partition coefficient (Wildman–Crippen LogP) is 3.99. The second kappa shape index (κ2) is 6.13. The number of nitrogens with zero attached hydrogens (tertiary/aromatic N) is 2. The molecule has 1 aromatic carbocycles. The van der Waals surface area contributed by atoms with E-state index < -0.39 is 17.8 Å². The van der Waals surface area contributed by atoms with Crippen molar-refractivity contribution in [1.82, 2.24) is 4.90 Å². The molecule has 2 amide bonds. The summed E-state index contributed by atoms with van der Waals surface area (Å²) in [5, 5.41) is 0. The molecule has 1 heterocycles. The minimum atomic E-state index is -4.46. The second-order valence-corrected chi connectivity index (χ2v) is 4.89. The van der Waals surface area contributed by atoms with Crippen LogP contribution in [-0.2, 0) is 12.7 Å². The van der Waals surface area contributed by atoms with Crippen LogP contribution in [0.3, 0.4) is 0 Å². The average molecular weight is 312 g/mol. The van der Waals surface area contributed by atoms with Crippen molar-refractivity contribution in [2.24, 2.45) is 0 Å². The summed E-state index contributed by atoms with van der Waals surface area (Å²) >= 11 is 0. The highest BCUT2D eigenvalue weighted by molar-refractivity contribution is 5.91. The third-order valence-corrected chi connectivity index (χ3v) is 2.99. The fraction of sp³-hybridized carbons (Fsp3) is 0.267. The van der Waals surface area contributed by atoms with E-state index in [2.05, 4.69) is 0 Å². The lowest BCUT2D eigenvalue weighted by molar-refractivity contribution is -0.137. The Labute approximate surface area is 125 Å². The van der Waals surface area contributed by atoms with Crippen molar-refractivity contribution in [3.63, 3.8) is 0 Å². The number of hydrogen-bond donors (Lipinski definition) is 0. The Kier molecular flexibility index (Phi) is 4.44. The fourth-order valence-corrected chi connectivity index (χ4v) is 1.92. The highest BCUT2D eigenvalue weighted by Gasteiger charge is 2.31. The standard InChI is InChI=1S/C15H15F3N2O2/c1-19(2)14(21)20(10-13-7-4-8-22-13)12-6-3-5-11(9-12)15(16,17)18/h3-9H,10H2,1-2H3. The van der Waals surface area contributed by atoms with Crippen LogP contribution in [0.25, 0.3) is 0 Å². The predicted molar refractivity (Wildman–Crippen MR) is 75.4 cm³/mol. The average Bonchev–Trinajstić information content (AvgIpc) is 2.96. The van der Waals surface area contributed by atoms with Gasteiger partial charge in [-0.05, 0) is 30.3 Å². The summed E-state index contributed by atoms with van der Waals surface area (Å²) < 4.78 is 43.7. The molecular weight excluding hydrogens is 297 g/mol. The molecular formula is C15H15F3N2O2. The monoisotopic (exact) mass is 312 g/mol. The Morgan fingerprint density at radius 3 is 2.45 bits per heavy atom. The topological polar surface area (TPSA) is 36.7 Å². The first-order valence-corrected chi connectivity index (χ1v) is 6.47. The molecule has 2 aromatic rings. The summed E-state index contributed by atoms with van der Waals surface area (Å²) in [6.07, 6.45) is -3.02. The number of furan rings is 1. The molecule has 2 rings (SSSR count). The molecule has 118 valence electrons. The zero-order valence-electron chi connectivity index (χ0n) is 12.1. The molecule has 0 N–H and O–H groups in total. The van der Waals surface area contributed by atoms with E-state index in [-0.39, 0.29) is 12.2 Å². The SMILES string of the molecule is CN(C)C(=O)N(Cc1ccco1)c1cccc(C(F)(F)F)c1. The van der Waals surface area contributed by atoms with Crippen molar-refractivity contribution in [3.8, 4) is 0 Å². The van der Waals surface area contributed by atoms with Gasteiger partial charge in [-0.15, -0.1) is 0 Å². The first-order valence-electron chi connectivity index (χ1n) is 6.47. The van der Waals surface area contributed by atoms with Crippen LogP contribution in [0.2, 0.25) is 0 Å². The summed E-state index contributed by atoms with van der Waals surface area (Å²) in [7, 11) is 3.07. The van der Waals surface area contributed by atoms with E-state index in [0.717, 1.165) is 12.1 Å². The Balaban J connectivity index is 2.38. The molecule has 4 nitrogen and oxygen atoms in total. The number of carbonyl (C=O) groups is 1. The van der Waals surface area contributed by atoms with Gasteiger partial charge in [0.25, 0.3) is 0 Å². The van der Waals surface area contributed by atoms with Crippen molar-refractivity contribution in [2.45, 2.75) is 12.7 Å². The molecule has 0 bridgehead atoms. The van der Waals surface area contributed by atoms with E-state index in [1.165, 1.54) is 42.3 Å². The molecule has 0 saturated carbocycles. The van der Waals surface area contributed by atoms with E-state index in [9.17, 15) is 18.0 Å². The largest absolute Gasteiger partial charge is 0.467 e. The van der Waals surface area contributed by atoms with Crippen molar-refractivity contribution in [3.05, 3.63) is 54.0 Å². The third-order valence-electron chi connectivity index (χ3n) is 2.99. The number of alkyl halides is 3. The number of benzene rings is 1. The molecule has 7 heteroatoms. The number of anilines is 1. The Bertz CT molecular complexity index is 636. The summed E-state index contributed by atoms with van der Waals surface area (Å²) in [6.45, 7) is 0.0469. The molecule has 0 aliphatic rings. The van der Waals surface area contributed by atoms with Crippen LogP contribution in [-0.4, -0.2) is 25.0 Å². The number of halogens is 3. The van der Waals surface area contributed by atoms with Gasteiger partial charge in [-0.3, -0.25) is 4.90 Å². The van der Waals surface area contributed by atoms with Gasteiger partial charge in [0.2, 0.25) is 0 Å². The van der Waals surface area contributed by atoms with Crippen molar-refractivity contribution < 1.29 is 22.4 Å². The van der Waals surface area contributed by atoms with Gasteiger partial charge in [-0.2, -0.15) is 13.2 Å². The van der Waals surface area contributed by atoms with E-state index >= 15 is 0 Å². The molecule has 0 radical (unpaired) electrons. The van der Waals surface area contributed by atoms with Gasteiger partial charge in [0.1, 0.15) is 5.76 Å². The van der Waals surface area contributed by atoms with Crippen LogP contribution < -0.4 is 4.90 Å². The maximum absolute atomic E-state index is 12.8. The van der Waals surface area contributed by atoms with Crippen LogP contribution in [0, 0.1) is 0 Å². The molecule has 0 spiro atoms. The smallest absolute Gasteiger partial charge is 0.416 e. The lowest BCUT2D eigenvalue weighted by atomic mass is 10.2. The van der Waals surface area contributed by atoms with Crippen LogP contribution >= 0.6 is 0 Å². The minimum absolute atomic E-state index is 0.0469. The van der Waals surface area contributed by atoms with E-state index in [4.69, 9.17) is 4.42 Å². The molecule has 0 aliphatic heterocycles. The lowest BCUT2D eigenvalue weighted by Gasteiger charge is -2.26. The minimum Gasteiger partial charge on any atom is -0.467 e. The molecule has 0 atom stereocenters. The highest BCUT2D eigenvalue weighted by atomic mass is 19.4. The summed E-state index contributed by atoms with van der Waals surface area (Å²) in [5.74, 6) is 0.479. The highest BCUT2D eigenvalue weighted by Crippen LogP contribution is 2.32. The van der Waals surface area contributed by atoms with Gasteiger partial charge >= 0.3 is 12.2 Å². The number of amides is 2. The van der Waals surface area contributed by atoms with Crippen LogP contribution in [0.5, 0.6) is 0 Å². The Hall–Kier alpha value is -2.44. The van der Waals surface area contributed by atoms with E-state index in [0.29, 0.717) is 5.76 Å². The van der Waals surface area contributed by atoms with Crippen molar-refractivity contribution in [1.29, 1.82) is 0 Å². The zero-order chi connectivity index (χ0) is 16.3. The van der Waals surface area contributed by atoms with Gasteiger partial charge in [-0.1, -0.05) is 6.07 Å². The molecule has 1 aromatic heterocycles. The molecule has 0 unspecified atom stereocenters. The van der Waals surface area contributed by atoms with Gasteiger partial charge in [0.15, 0.2) is 0 Å². The van der Waals surface area contributed by atoms with Gasteiger partial charge in [-0.25, -0.2) is 4.79 Å². The molecule has 0 saturated heterocycles. The third kappa shape index (κ3) is 3.60. The van der Waals surface area contributed by atoms with Crippen molar-refractivity contribution in [2.75, 3.05) is 19.0 Å². The number of hydrogen-bond acceptors (Lipinski definition) is 2. The quantitative estimate of drug-likeness (QED) is 0.859. The second-order valence-electron chi connectivity index (χ2n) is 4.89. The number of urea groups is 1. The van der Waals surface area contributed by atoms with Crippen LogP contribution in [0.1, 0.15) is 11.3 Å². The van der Waals surface area contributed by atoms with Crippen LogP contribution in [0.4, 0.5) is 23.7 Å². The zero-order valence-corrected chi connectivity index (χ0v) is 12.1. The number of carbonyl (C=O) groups excluding carboxylic acids is 1. The summed E-state index contributed by atoms with van der Waals surface area (Å²) in [4.78, 5) is 14.8. The normalized spacial score (nSPS) is 11.3. The van der Waals surface area contributed by atoms with Gasteiger partial charge < -0.3 is 9.32 Å². The maximum atomic E-state index is 12.8. The van der Waals surface area contributed by atoms with E-state index in [1.54, 1.807) is 12.1 Å². The first-order chi connectivity index (χ1) is 10.3. The van der Waals surface area contributed by atoms with E-state index in [1.807, 2.05) is 0 Å².